The summed E-state index contributed by atoms with van der Waals surface area (Å²) in [6.07, 6.45) is 0. The van der Waals surface area contributed by atoms with Gasteiger partial charge in [0, 0.05) is 23.2 Å². The van der Waals surface area contributed by atoms with Gasteiger partial charge in [-0.3, -0.25) is 0 Å². The van der Waals surface area contributed by atoms with E-state index in [1.165, 1.54) is 18.8 Å². The predicted octanol–water partition coefficient (Wildman–Crippen LogP) is 2.09. The number of hydrogen-bond acceptors (Lipinski definition) is 2. The molecule has 1 aromatic rings. The van der Waals surface area contributed by atoms with E-state index in [-0.39, 0.29) is 0 Å². The third kappa shape index (κ3) is 1.58. The molecular weight excluding hydrogens is 252 g/mol. The summed E-state index contributed by atoms with van der Waals surface area (Å²) >= 11 is 3.51. The molecule has 1 aliphatic heterocycles. The lowest BCUT2D eigenvalue weighted by Crippen LogP contribution is -2.25. The zero-order valence-corrected chi connectivity index (χ0v) is 10.2. The molecule has 2 unspecified atom stereocenters. The molecule has 2 fully saturated rings. The lowest BCUT2D eigenvalue weighted by Gasteiger charge is -2.21. The van der Waals surface area contributed by atoms with Crippen LogP contribution in [0, 0.1) is 17.8 Å². The molecule has 1 aromatic carbocycles. The fraction of sp³-hybridized carbons (Fsp3) is 0.500. The Bertz CT molecular complexity index is 368. The van der Waals surface area contributed by atoms with Crippen molar-refractivity contribution in [3.63, 3.8) is 0 Å². The van der Waals surface area contributed by atoms with Crippen LogP contribution in [0.3, 0.4) is 0 Å². The summed E-state index contributed by atoms with van der Waals surface area (Å²) in [6.45, 7) is 3.27. The van der Waals surface area contributed by atoms with Gasteiger partial charge in [0.15, 0.2) is 0 Å². The van der Waals surface area contributed by atoms with Gasteiger partial charge in [0.1, 0.15) is 0 Å². The summed E-state index contributed by atoms with van der Waals surface area (Å²) in [7, 11) is 0. The quantitative estimate of drug-likeness (QED) is 0.889. The van der Waals surface area contributed by atoms with Crippen molar-refractivity contribution in [3.8, 4) is 0 Å². The van der Waals surface area contributed by atoms with E-state index < -0.39 is 0 Å². The number of piperidine rings is 1. The van der Waals surface area contributed by atoms with E-state index in [9.17, 15) is 0 Å². The number of nitrogens with two attached hydrogens (primary N) is 1. The molecule has 3 rings (SSSR count). The second-order valence-electron chi connectivity index (χ2n) is 4.61. The van der Waals surface area contributed by atoms with Crippen molar-refractivity contribution in [2.45, 2.75) is 0 Å². The molecule has 0 radical (unpaired) electrons. The van der Waals surface area contributed by atoms with Crippen molar-refractivity contribution >= 4 is 21.6 Å². The normalized spacial score (nSPS) is 32.9. The number of fused-ring (bicyclic) bond motifs is 1. The van der Waals surface area contributed by atoms with Gasteiger partial charge in [0.2, 0.25) is 0 Å². The molecular formula is C12H15BrN2. The Kier molecular flexibility index (Phi) is 2.25. The first kappa shape index (κ1) is 9.67. The summed E-state index contributed by atoms with van der Waals surface area (Å²) in [5, 5.41) is 0. The Morgan fingerprint density at radius 3 is 2.67 bits per heavy atom. The minimum Gasteiger partial charge on any atom is -0.371 e. The van der Waals surface area contributed by atoms with Crippen LogP contribution < -0.4 is 10.6 Å². The van der Waals surface area contributed by atoms with E-state index in [1.54, 1.807) is 0 Å². The van der Waals surface area contributed by atoms with E-state index in [2.05, 4.69) is 45.1 Å². The Morgan fingerprint density at radius 2 is 2.07 bits per heavy atom. The lowest BCUT2D eigenvalue weighted by molar-refractivity contribution is 0.648. The molecule has 0 bridgehead atoms. The third-order valence-electron chi connectivity index (χ3n) is 3.82. The van der Waals surface area contributed by atoms with E-state index in [4.69, 9.17) is 5.73 Å². The molecule has 2 N–H and O–H groups in total. The van der Waals surface area contributed by atoms with Gasteiger partial charge < -0.3 is 10.6 Å². The fourth-order valence-electron chi connectivity index (χ4n) is 2.88. The van der Waals surface area contributed by atoms with Crippen LogP contribution in [-0.4, -0.2) is 19.6 Å². The summed E-state index contributed by atoms with van der Waals surface area (Å²) < 4.78 is 1.16. The number of halogens is 1. The second-order valence-corrected chi connectivity index (χ2v) is 5.53. The summed E-state index contributed by atoms with van der Waals surface area (Å²) in [6, 6.07) is 8.56. The highest BCUT2D eigenvalue weighted by atomic mass is 79.9. The topological polar surface area (TPSA) is 29.3 Å². The molecule has 0 amide bonds. The van der Waals surface area contributed by atoms with Crippen molar-refractivity contribution in [3.05, 3.63) is 28.7 Å². The third-order valence-corrected chi connectivity index (χ3v) is 4.31. The standard InChI is InChI=1S/C12H15BrN2/c13-8-2-1-3-9(4-8)15-6-11-10(5-14)12(11)7-15/h1-4,10-12H,5-7,14H2. The van der Waals surface area contributed by atoms with Gasteiger partial charge >= 0.3 is 0 Å². The highest BCUT2D eigenvalue weighted by Crippen LogP contribution is 2.51. The minimum atomic E-state index is 0.813. The Balaban J connectivity index is 1.72. The lowest BCUT2D eigenvalue weighted by atomic mass is 10.2. The van der Waals surface area contributed by atoms with Crippen molar-refractivity contribution in [1.82, 2.24) is 0 Å². The second kappa shape index (κ2) is 3.49. The van der Waals surface area contributed by atoms with Gasteiger partial charge in [-0.1, -0.05) is 22.0 Å². The SMILES string of the molecule is NCC1C2CN(c3cccc(Br)c3)CC12. The van der Waals surface area contributed by atoms with Crippen LogP contribution in [0.1, 0.15) is 0 Å². The van der Waals surface area contributed by atoms with E-state index >= 15 is 0 Å². The zero-order chi connectivity index (χ0) is 10.4. The van der Waals surface area contributed by atoms with Crippen LogP contribution in [0.15, 0.2) is 28.7 Å². The number of anilines is 1. The molecule has 2 aliphatic rings. The van der Waals surface area contributed by atoms with Crippen molar-refractivity contribution in [1.29, 1.82) is 0 Å². The number of nitrogens with zero attached hydrogens (tertiary/aromatic N) is 1. The van der Waals surface area contributed by atoms with Gasteiger partial charge in [-0.15, -0.1) is 0 Å². The summed E-state index contributed by atoms with van der Waals surface area (Å²) in [4.78, 5) is 2.48. The molecule has 1 saturated heterocycles. The first-order valence-electron chi connectivity index (χ1n) is 5.50. The van der Waals surface area contributed by atoms with Crippen LogP contribution in [0.4, 0.5) is 5.69 Å². The summed E-state index contributed by atoms with van der Waals surface area (Å²) in [5.41, 5.74) is 7.05. The number of benzene rings is 1. The molecule has 0 spiro atoms. The smallest absolute Gasteiger partial charge is 0.0377 e. The van der Waals surface area contributed by atoms with Gasteiger partial charge in [-0.05, 0) is 42.5 Å². The van der Waals surface area contributed by atoms with E-state index in [0.717, 1.165) is 28.8 Å². The number of hydrogen-bond donors (Lipinski definition) is 1. The highest BCUT2D eigenvalue weighted by Gasteiger charge is 2.54. The zero-order valence-electron chi connectivity index (χ0n) is 8.57. The molecule has 1 heterocycles. The number of rotatable bonds is 2. The summed E-state index contributed by atoms with van der Waals surface area (Å²) in [5.74, 6) is 2.55. The van der Waals surface area contributed by atoms with Crippen LogP contribution in [0.25, 0.3) is 0 Å². The first-order valence-corrected chi connectivity index (χ1v) is 6.29. The Labute approximate surface area is 98.6 Å². The molecule has 2 nitrogen and oxygen atoms in total. The van der Waals surface area contributed by atoms with Crippen molar-refractivity contribution in [2.24, 2.45) is 23.5 Å². The van der Waals surface area contributed by atoms with Gasteiger partial charge in [0.25, 0.3) is 0 Å². The minimum absolute atomic E-state index is 0.813. The largest absolute Gasteiger partial charge is 0.371 e. The molecule has 0 aromatic heterocycles. The molecule has 2 atom stereocenters. The Hall–Kier alpha value is -0.540. The van der Waals surface area contributed by atoms with Crippen LogP contribution in [0.5, 0.6) is 0 Å². The maximum atomic E-state index is 5.71. The average molecular weight is 267 g/mol. The first-order chi connectivity index (χ1) is 7.29. The van der Waals surface area contributed by atoms with E-state index in [1.807, 2.05) is 0 Å². The molecule has 3 heteroatoms. The van der Waals surface area contributed by atoms with Crippen LogP contribution in [0.2, 0.25) is 0 Å². The van der Waals surface area contributed by atoms with Crippen LogP contribution >= 0.6 is 15.9 Å². The van der Waals surface area contributed by atoms with Gasteiger partial charge in [-0.25, -0.2) is 0 Å². The van der Waals surface area contributed by atoms with Gasteiger partial charge in [0.05, 0.1) is 0 Å². The Morgan fingerprint density at radius 1 is 1.33 bits per heavy atom. The predicted molar refractivity (Wildman–Crippen MR) is 65.9 cm³/mol. The molecule has 80 valence electrons. The maximum Gasteiger partial charge on any atom is 0.0377 e. The monoisotopic (exact) mass is 266 g/mol. The fourth-order valence-corrected chi connectivity index (χ4v) is 3.27. The molecule has 15 heavy (non-hydrogen) atoms. The van der Waals surface area contributed by atoms with Crippen LogP contribution in [-0.2, 0) is 0 Å². The van der Waals surface area contributed by atoms with Gasteiger partial charge in [-0.2, -0.15) is 0 Å². The molecule has 1 saturated carbocycles. The molecule has 1 aliphatic carbocycles. The average Bonchev–Trinajstić information content (AvgIpc) is 2.70. The van der Waals surface area contributed by atoms with E-state index in [0.29, 0.717) is 0 Å². The maximum absolute atomic E-state index is 5.71. The van der Waals surface area contributed by atoms with Crippen molar-refractivity contribution in [2.75, 3.05) is 24.5 Å². The highest BCUT2D eigenvalue weighted by molar-refractivity contribution is 9.10. The van der Waals surface area contributed by atoms with Crippen molar-refractivity contribution < 1.29 is 0 Å².